The van der Waals surface area contributed by atoms with Crippen molar-refractivity contribution in [3.63, 3.8) is 0 Å². The molecule has 0 saturated carbocycles. The van der Waals surface area contributed by atoms with Crippen LogP contribution in [0.1, 0.15) is 260 Å². The molecule has 1 N–H and O–H groups in total. The first kappa shape index (κ1) is 93.7. The highest BCUT2D eigenvalue weighted by molar-refractivity contribution is 5.57. The van der Waals surface area contributed by atoms with Gasteiger partial charge in [0.2, 0.25) is 0 Å². The van der Waals surface area contributed by atoms with E-state index in [4.69, 9.17) is 42.6 Å². The monoisotopic (exact) mass is 1170 g/mol. The van der Waals surface area contributed by atoms with Crippen LogP contribution in [0.5, 0.6) is 0 Å². The number of morpholine rings is 1. The minimum absolute atomic E-state index is 0.323. The molecular formula is C68H151N3O10. The molecule has 8 rings (SSSR count). The van der Waals surface area contributed by atoms with Gasteiger partial charge < -0.3 is 47.5 Å². The summed E-state index contributed by atoms with van der Waals surface area (Å²) in [5.41, 5.74) is 3.82. The lowest BCUT2D eigenvalue weighted by Gasteiger charge is -2.38. The van der Waals surface area contributed by atoms with Gasteiger partial charge >= 0.3 is 0 Å². The second-order valence-corrected chi connectivity index (χ2v) is 32.9. The Morgan fingerprint density at radius 3 is 0.679 bits per heavy atom. The minimum Gasteiger partial charge on any atom is -0.396 e. The van der Waals surface area contributed by atoms with E-state index < -0.39 is 0 Å². The summed E-state index contributed by atoms with van der Waals surface area (Å²) in [5, 5.41) is 6.46. The van der Waals surface area contributed by atoms with Crippen molar-refractivity contribution < 1.29 is 47.5 Å². The molecular weight excluding hydrogens is 1020 g/mol. The summed E-state index contributed by atoms with van der Waals surface area (Å²) < 4.78 is 44.2. The highest BCUT2D eigenvalue weighted by Gasteiger charge is 2.22. The van der Waals surface area contributed by atoms with E-state index in [1.165, 1.54) is 38.5 Å². The molecule has 81 heavy (non-hydrogen) atoms. The van der Waals surface area contributed by atoms with Crippen LogP contribution in [-0.4, -0.2) is 156 Å². The van der Waals surface area contributed by atoms with Crippen LogP contribution in [0.4, 0.5) is 0 Å². The molecule has 0 aromatic carbocycles. The number of hydrogen-bond donors (Lipinski definition) is 1. The van der Waals surface area contributed by atoms with Crippen LogP contribution < -0.4 is 5.32 Å². The van der Waals surface area contributed by atoms with E-state index in [1.54, 1.807) is 6.21 Å². The Morgan fingerprint density at radius 1 is 0.296 bits per heavy atom. The Hall–Kier alpha value is -0.970. The van der Waals surface area contributed by atoms with E-state index in [0.29, 0.717) is 50.2 Å². The summed E-state index contributed by atoms with van der Waals surface area (Å²) >= 11 is 0. The standard InChI is InChI=1S/C8H17NO.C5H10O.7C5H12.C4H8O2.C4H8O.C3H7NO.C3H5NO.C3H6O2.C3H6O/c1-8(2,3)9-4-6-10-7-5-9;1-2-4-6-5-3-1;7*1-5(2,3)4;1-2-6-4-3-5-1;1-2-4-5-3-1;1-2-5-3-4-1;1-2-4-5-3-1;1-2-5-3-4-1;1-2-4-3-1/h4-7H2,1-3H3;1-5H2;7*1-4H3;1-4H2;1-4H2;4H,1-3H2;2H,1,3H2;1-3H2;1-3H2. The Bertz CT molecular complexity index is 948. The SMILES string of the molecule is C1=NOCC1.C1CCOC1.C1CCOCC1.C1COC1.C1COCCO1.C1COCN1.C1COCO1.CC(C)(C)C.CC(C)(C)C.CC(C)(C)C.CC(C)(C)C.CC(C)(C)C.CC(C)(C)C.CC(C)(C)C.CC(C)(C)N1CCOCC1. The largest absolute Gasteiger partial charge is 0.396 e. The summed E-state index contributed by atoms with van der Waals surface area (Å²) in [5.74, 6) is 0. The van der Waals surface area contributed by atoms with Gasteiger partial charge in [0.15, 0.2) is 0 Å². The van der Waals surface area contributed by atoms with Gasteiger partial charge in [0, 0.05) is 77.4 Å². The molecule has 0 amide bonds. The second-order valence-electron chi connectivity index (χ2n) is 32.9. The van der Waals surface area contributed by atoms with Crippen molar-refractivity contribution in [1.82, 2.24) is 10.2 Å². The molecule has 8 heterocycles. The second kappa shape index (κ2) is 58.1. The van der Waals surface area contributed by atoms with Crippen LogP contribution in [0.25, 0.3) is 0 Å². The van der Waals surface area contributed by atoms with Crippen molar-refractivity contribution in [1.29, 1.82) is 0 Å². The molecule has 498 valence electrons. The van der Waals surface area contributed by atoms with Gasteiger partial charge in [0.05, 0.1) is 66.2 Å². The number of oxime groups is 1. The molecule has 0 aliphatic carbocycles. The maximum Gasteiger partial charge on any atom is 0.146 e. The molecule has 0 aromatic heterocycles. The first-order valence-corrected chi connectivity index (χ1v) is 31.4. The Balaban J connectivity index is -0.000000146. The van der Waals surface area contributed by atoms with Gasteiger partial charge in [-0.25, -0.2) is 0 Å². The minimum atomic E-state index is 0.323. The van der Waals surface area contributed by atoms with E-state index in [1.807, 2.05) is 0 Å². The highest BCUT2D eigenvalue weighted by atomic mass is 16.7. The van der Waals surface area contributed by atoms with Crippen molar-refractivity contribution >= 4 is 6.21 Å². The number of nitrogens with zero attached hydrogens (tertiary/aromatic N) is 2. The lowest BCUT2D eigenvalue weighted by Crippen LogP contribution is -2.47. The summed E-state index contributed by atoms with van der Waals surface area (Å²) in [6.07, 6.45) is 10.5. The summed E-state index contributed by atoms with van der Waals surface area (Å²) in [6.45, 7) is 86.6. The fourth-order valence-electron chi connectivity index (χ4n) is 3.93. The van der Waals surface area contributed by atoms with E-state index in [0.717, 1.165) is 138 Å². The van der Waals surface area contributed by atoms with E-state index in [-0.39, 0.29) is 0 Å². The van der Waals surface area contributed by atoms with Crippen LogP contribution in [-0.2, 0) is 47.5 Å². The normalized spacial score (nSPS) is 18.4. The first-order chi connectivity index (χ1) is 36.6. The predicted octanol–water partition coefficient (Wildman–Crippen LogP) is 17.9. The van der Waals surface area contributed by atoms with Crippen LogP contribution in [0.2, 0.25) is 0 Å². The Morgan fingerprint density at radius 2 is 0.568 bits per heavy atom. The van der Waals surface area contributed by atoms with E-state index >= 15 is 0 Å². The maximum atomic E-state index is 5.25. The van der Waals surface area contributed by atoms with Crippen LogP contribution >= 0.6 is 0 Å². The van der Waals surface area contributed by atoms with Crippen LogP contribution in [0, 0.1) is 37.9 Å². The van der Waals surface area contributed by atoms with Crippen molar-refractivity contribution in [2.75, 3.05) is 139 Å². The third kappa shape index (κ3) is 195. The van der Waals surface area contributed by atoms with Gasteiger partial charge in [0.1, 0.15) is 13.4 Å². The van der Waals surface area contributed by atoms with Gasteiger partial charge in [-0.1, -0.05) is 199 Å². The van der Waals surface area contributed by atoms with Crippen LogP contribution in [0.3, 0.4) is 0 Å². The van der Waals surface area contributed by atoms with Crippen LogP contribution in [0.15, 0.2) is 5.16 Å². The van der Waals surface area contributed by atoms with E-state index in [2.05, 4.69) is 235 Å². The summed E-state index contributed by atoms with van der Waals surface area (Å²) in [6, 6.07) is 0. The van der Waals surface area contributed by atoms with Gasteiger partial charge in [-0.3, -0.25) is 10.2 Å². The molecule has 7 fully saturated rings. The topological polar surface area (TPSA) is 120 Å². The third-order valence-electron chi connectivity index (χ3n) is 6.84. The van der Waals surface area contributed by atoms with Crippen molar-refractivity contribution in [2.45, 2.75) is 265 Å². The molecule has 0 aromatic rings. The van der Waals surface area contributed by atoms with Crippen molar-refractivity contribution in [2.24, 2.45) is 43.1 Å². The number of ether oxygens (including phenoxy) is 9. The molecule has 8 aliphatic rings. The zero-order valence-corrected chi connectivity index (χ0v) is 60.9. The molecule has 0 atom stereocenters. The Labute approximate surface area is 509 Å². The van der Waals surface area contributed by atoms with Gasteiger partial charge in [-0.2, -0.15) is 0 Å². The highest BCUT2D eigenvalue weighted by Crippen LogP contribution is 2.15. The van der Waals surface area contributed by atoms with Gasteiger partial charge in [-0.15, -0.1) is 0 Å². The Kier molecular flexibility index (Phi) is 67.2. The lowest BCUT2D eigenvalue weighted by atomic mass is 10.0. The molecule has 13 heteroatoms. The summed E-state index contributed by atoms with van der Waals surface area (Å²) in [4.78, 5) is 6.97. The molecule has 0 spiro atoms. The number of hydrogen-bond acceptors (Lipinski definition) is 13. The first-order valence-electron chi connectivity index (χ1n) is 31.4. The maximum absolute atomic E-state index is 5.25. The molecule has 0 radical (unpaired) electrons. The molecule has 0 unspecified atom stereocenters. The average molecular weight is 1170 g/mol. The lowest BCUT2D eigenvalue weighted by molar-refractivity contribution is -0.0334. The average Bonchev–Trinajstić information content (AvgIpc) is 4.13. The van der Waals surface area contributed by atoms with Crippen molar-refractivity contribution in [3.05, 3.63) is 0 Å². The van der Waals surface area contributed by atoms with Crippen molar-refractivity contribution in [3.8, 4) is 0 Å². The molecule has 7 saturated heterocycles. The number of nitrogens with one attached hydrogen (secondary N) is 1. The summed E-state index contributed by atoms with van der Waals surface area (Å²) in [7, 11) is 0. The fraction of sp³-hybridized carbons (Fsp3) is 0.985. The van der Waals surface area contributed by atoms with Gasteiger partial charge in [0.25, 0.3) is 0 Å². The molecule has 13 nitrogen and oxygen atoms in total. The zero-order chi connectivity index (χ0) is 64.6. The predicted molar refractivity (Wildman–Crippen MR) is 354 cm³/mol. The molecule has 8 aliphatic heterocycles. The quantitative estimate of drug-likeness (QED) is 0.249. The van der Waals surface area contributed by atoms with Gasteiger partial charge in [-0.05, 0) is 97.2 Å². The fourth-order valence-corrected chi connectivity index (χ4v) is 3.93. The third-order valence-corrected chi connectivity index (χ3v) is 6.84. The molecule has 0 bridgehead atoms. The number of rotatable bonds is 0. The smallest absolute Gasteiger partial charge is 0.146 e. The zero-order valence-electron chi connectivity index (χ0n) is 60.9. The van der Waals surface area contributed by atoms with E-state index in [9.17, 15) is 0 Å².